The minimum atomic E-state index is -0.494. The van der Waals surface area contributed by atoms with E-state index in [-0.39, 0.29) is 0 Å². The second kappa shape index (κ2) is 5.82. The normalized spacial score (nSPS) is 17.9. The Morgan fingerprint density at radius 2 is 1.85 bits per heavy atom. The molecule has 0 bridgehead atoms. The van der Waals surface area contributed by atoms with E-state index in [9.17, 15) is 5.26 Å². The zero-order chi connectivity index (χ0) is 14.8. The molecule has 0 amide bonds. The molecule has 2 N–H and O–H groups in total. The van der Waals surface area contributed by atoms with E-state index < -0.39 is 5.41 Å². The van der Waals surface area contributed by atoms with Crippen LogP contribution in [-0.2, 0) is 12.0 Å². The summed E-state index contributed by atoms with van der Waals surface area (Å²) in [6, 6.07) is 8.41. The maximum absolute atomic E-state index is 9.27. The van der Waals surface area contributed by atoms with Gasteiger partial charge in [-0.3, -0.25) is 4.90 Å². The van der Waals surface area contributed by atoms with E-state index >= 15 is 0 Å². The van der Waals surface area contributed by atoms with Gasteiger partial charge in [-0.2, -0.15) is 5.26 Å². The molecule has 1 aliphatic rings. The van der Waals surface area contributed by atoms with Crippen molar-refractivity contribution in [2.24, 2.45) is 0 Å². The first-order chi connectivity index (χ1) is 9.40. The van der Waals surface area contributed by atoms with Crippen LogP contribution in [0.2, 0.25) is 0 Å². The molecule has 2 rings (SSSR count). The Labute approximate surface area is 121 Å². The van der Waals surface area contributed by atoms with Crippen molar-refractivity contribution >= 4 is 5.69 Å². The van der Waals surface area contributed by atoms with Gasteiger partial charge in [-0.25, -0.2) is 0 Å². The highest BCUT2D eigenvalue weighted by Crippen LogP contribution is 2.26. The lowest BCUT2D eigenvalue weighted by molar-refractivity contribution is 0.148. The summed E-state index contributed by atoms with van der Waals surface area (Å²) in [7, 11) is 2.16. The van der Waals surface area contributed by atoms with Crippen LogP contribution in [0.4, 0.5) is 5.69 Å². The first kappa shape index (κ1) is 14.8. The fraction of sp³-hybridized carbons (Fsp3) is 0.562. The Hall–Kier alpha value is -1.57. The van der Waals surface area contributed by atoms with Crippen LogP contribution in [-0.4, -0.2) is 43.0 Å². The standard InChI is InChI=1S/C16H24N4/c1-16(2,12-17)14-8-13(9-15(18)10-14)11-20-6-4-19(3)5-7-20/h8-10H,4-7,11,18H2,1-3H3. The quantitative estimate of drug-likeness (QED) is 0.853. The number of hydrogen-bond acceptors (Lipinski definition) is 4. The highest BCUT2D eigenvalue weighted by molar-refractivity contribution is 5.48. The highest BCUT2D eigenvalue weighted by atomic mass is 15.2. The van der Waals surface area contributed by atoms with Gasteiger partial charge in [0.1, 0.15) is 0 Å². The highest BCUT2D eigenvalue weighted by Gasteiger charge is 2.21. The Bertz CT molecular complexity index is 508. The van der Waals surface area contributed by atoms with E-state index in [0.29, 0.717) is 0 Å². The van der Waals surface area contributed by atoms with Crippen LogP contribution < -0.4 is 5.73 Å². The molecule has 0 unspecified atom stereocenters. The van der Waals surface area contributed by atoms with Crippen molar-refractivity contribution in [2.75, 3.05) is 39.0 Å². The van der Waals surface area contributed by atoms with Crippen LogP contribution in [0.5, 0.6) is 0 Å². The number of nitrogens with two attached hydrogens (primary N) is 1. The van der Waals surface area contributed by atoms with Crippen LogP contribution in [0.3, 0.4) is 0 Å². The fourth-order valence-corrected chi connectivity index (χ4v) is 2.50. The lowest BCUT2D eigenvalue weighted by Crippen LogP contribution is -2.43. The molecule has 0 atom stereocenters. The number of nitrogens with zero attached hydrogens (tertiary/aromatic N) is 3. The van der Waals surface area contributed by atoms with E-state index in [1.165, 1.54) is 5.56 Å². The van der Waals surface area contributed by atoms with Crippen molar-refractivity contribution in [2.45, 2.75) is 25.8 Å². The average Bonchev–Trinajstić information content (AvgIpc) is 2.41. The third-order valence-corrected chi connectivity index (χ3v) is 4.02. The molecule has 1 aromatic rings. The average molecular weight is 272 g/mol. The van der Waals surface area contributed by atoms with E-state index in [4.69, 9.17) is 5.73 Å². The molecular formula is C16H24N4. The third kappa shape index (κ3) is 3.50. The van der Waals surface area contributed by atoms with Crippen molar-refractivity contribution in [1.82, 2.24) is 9.80 Å². The molecule has 20 heavy (non-hydrogen) atoms. The second-order valence-electron chi connectivity index (χ2n) is 6.28. The van der Waals surface area contributed by atoms with Gasteiger partial charge in [0.05, 0.1) is 11.5 Å². The fourth-order valence-electron chi connectivity index (χ4n) is 2.50. The number of anilines is 1. The number of rotatable bonds is 3. The summed E-state index contributed by atoms with van der Waals surface area (Å²) in [4.78, 5) is 4.79. The largest absolute Gasteiger partial charge is 0.399 e. The van der Waals surface area contributed by atoms with Crippen LogP contribution in [0, 0.1) is 11.3 Å². The van der Waals surface area contributed by atoms with Crippen molar-refractivity contribution in [3.8, 4) is 6.07 Å². The van der Waals surface area contributed by atoms with Gasteiger partial charge in [0.2, 0.25) is 0 Å². The predicted molar refractivity (Wildman–Crippen MR) is 82.3 cm³/mol. The van der Waals surface area contributed by atoms with Crippen molar-refractivity contribution < 1.29 is 0 Å². The minimum Gasteiger partial charge on any atom is -0.399 e. The molecule has 0 spiro atoms. The number of piperazine rings is 1. The van der Waals surface area contributed by atoms with Gasteiger partial charge >= 0.3 is 0 Å². The number of nitriles is 1. The summed E-state index contributed by atoms with van der Waals surface area (Å²) in [5.41, 5.74) is 8.46. The first-order valence-corrected chi connectivity index (χ1v) is 7.13. The number of likely N-dealkylation sites (N-methyl/N-ethyl adjacent to an activating group) is 1. The first-order valence-electron chi connectivity index (χ1n) is 7.13. The zero-order valence-corrected chi connectivity index (χ0v) is 12.7. The Morgan fingerprint density at radius 1 is 1.20 bits per heavy atom. The van der Waals surface area contributed by atoms with E-state index in [0.717, 1.165) is 44.0 Å². The van der Waals surface area contributed by atoms with Crippen LogP contribution in [0.1, 0.15) is 25.0 Å². The SMILES string of the molecule is CN1CCN(Cc2cc(N)cc(C(C)(C)C#N)c2)CC1. The molecular weight excluding hydrogens is 248 g/mol. The zero-order valence-electron chi connectivity index (χ0n) is 12.7. The van der Waals surface area contributed by atoms with Gasteiger partial charge in [-0.05, 0) is 44.2 Å². The van der Waals surface area contributed by atoms with Crippen molar-refractivity contribution in [3.05, 3.63) is 29.3 Å². The van der Waals surface area contributed by atoms with Crippen molar-refractivity contribution in [3.63, 3.8) is 0 Å². The van der Waals surface area contributed by atoms with Crippen LogP contribution in [0.25, 0.3) is 0 Å². The van der Waals surface area contributed by atoms with Gasteiger partial charge in [-0.15, -0.1) is 0 Å². The van der Waals surface area contributed by atoms with Gasteiger partial charge in [0, 0.05) is 38.4 Å². The lowest BCUT2D eigenvalue weighted by Gasteiger charge is -2.32. The minimum absolute atomic E-state index is 0.494. The molecule has 1 fully saturated rings. The molecule has 4 nitrogen and oxygen atoms in total. The van der Waals surface area contributed by atoms with Gasteiger partial charge < -0.3 is 10.6 Å². The molecule has 4 heteroatoms. The third-order valence-electron chi connectivity index (χ3n) is 4.02. The molecule has 1 aliphatic heterocycles. The summed E-state index contributed by atoms with van der Waals surface area (Å²) in [6.07, 6.45) is 0. The molecule has 1 heterocycles. The predicted octanol–water partition coefficient (Wildman–Crippen LogP) is 1.82. The topological polar surface area (TPSA) is 56.3 Å². The molecule has 1 aromatic carbocycles. The van der Waals surface area contributed by atoms with Gasteiger partial charge in [0.25, 0.3) is 0 Å². The maximum atomic E-state index is 9.27. The summed E-state index contributed by atoms with van der Waals surface area (Å²) in [6.45, 7) is 9.17. The monoisotopic (exact) mass is 272 g/mol. The van der Waals surface area contributed by atoms with Gasteiger partial charge in [0.15, 0.2) is 0 Å². The molecule has 0 saturated carbocycles. The summed E-state index contributed by atoms with van der Waals surface area (Å²) in [5.74, 6) is 0. The van der Waals surface area contributed by atoms with Crippen LogP contribution >= 0.6 is 0 Å². The Kier molecular flexibility index (Phi) is 4.32. The van der Waals surface area contributed by atoms with Gasteiger partial charge in [-0.1, -0.05) is 6.07 Å². The molecule has 108 valence electrons. The number of hydrogen-bond donors (Lipinski definition) is 1. The van der Waals surface area contributed by atoms with Crippen LogP contribution in [0.15, 0.2) is 18.2 Å². The second-order valence-corrected chi connectivity index (χ2v) is 6.28. The Morgan fingerprint density at radius 3 is 2.45 bits per heavy atom. The molecule has 0 aliphatic carbocycles. The molecule has 1 saturated heterocycles. The van der Waals surface area contributed by atoms with E-state index in [2.05, 4.69) is 29.0 Å². The maximum Gasteiger partial charge on any atom is 0.0767 e. The molecule has 0 aromatic heterocycles. The lowest BCUT2D eigenvalue weighted by atomic mass is 9.85. The Balaban J connectivity index is 2.15. The number of nitrogen functional groups attached to an aromatic ring is 1. The summed E-state index contributed by atoms with van der Waals surface area (Å²) >= 11 is 0. The smallest absolute Gasteiger partial charge is 0.0767 e. The summed E-state index contributed by atoms with van der Waals surface area (Å²) in [5, 5.41) is 9.27. The van der Waals surface area contributed by atoms with E-state index in [1.54, 1.807) is 0 Å². The number of benzene rings is 1. The molecule has 0 radical (unpaired) electrons. The van der Waals surface area contributed by atoms with E-state index in [1.807, 2.05) is 26.0 Å². The van der Waals surface area contributed by atoms with Crippen molar-refractivity contribution in [1.29, 1.82) is 5.26 Å². The summed E-state index contributed by atoms with van der Waals surface area (Å²) < 4.78 is 0.